The molecular weight excluding hydrogens is 628 g/mol. The van der Waals surface area contributed by atoms with E-state index in [1.165, 1.54) is 0 Å². The van der Waals surface area contributed by atoms with E-state index in [-0.39, 0.29) is 25.9 Å². The quantitative estimate of drug-likeness (QED) is 0.0933. The third-order valence-corrected chi connectivity index (χ3v) is 9.11. The Morgan fingerprint density at radius 3 is 1.54 bits per heavy atom. The highest BCUT2D eigenvalue weighted by Gasteiger charge is 2.31. The fourth-order valence-electron chi connectivity index (χ4n) is 6.45. The Morgan fingerprint density at radius 1 is 0.560 bits per heavy atom. The summed E-state index contributed by atoms with van der Waals surface area (Å²) in [6.07, 6.45) is 6.14. The van der Waals surface area contributed by atoms with E-state index in [1.54, 1.807) is 0 Å². The molecular formula is C40H38N6O4. The molecule has 7 N–H and O–H groups in total. The van der Waals surface area contributed by atoms with E-state index in [0.29, 0.717) is 0 Å². The zero-order valence-corrected chi connectivity index (χ0v) is 27.3. The number of hydrogen-bond donors (Lipinski definition) is 6. The summed E-state index contributed by atoms with van der Waals surface area (Å²) in [7, 11) is 0. The molecule has 0 saturated carbocycles. The molecule has 50 heavy (non-hydrogen) atoms. The van der Waals surface area contributed by atoms with Crippen molar-refractivity contribution in [3.8, 4) is 0 Å². The summed E-state index contributed by atoms with van der Waals surface area (Å²) in [5.74, 6) is -1.58. The number of benzene rings is 4. The number of ether oxygens (including phenoxy) is 1. The molecule has 7 rings (SSSR count). The summed E-state index contributed by atoms with van der Waals surface area (Å²) in [6, 6.07) is 29.7. The maximum Gasteiger partial charge on any atom is 0.329 e. The van der Waals surface area contributed by atoms with Gasteiger partial charge >= 0.3 is 5.97 Å². The minimum absolute atomic E-state index is 0.0537. The van der Waals surface area contributed by atoms with Crippen LogP contribution in [0.15, 0.2) is 122 Å². The van der Waals surface area contributed by atoms with Gasteiger partial charge in [0.05, 0.1) is 6.04 Å². The predicted molar refractivity (Wildman–Crippen MR) is 194 cm³/mol. The summed E-state index contributed by atoms with van der Waals surface area (Å²) in [5.41, 5.74) is 12.6. The van der Waals surface area contributed by atoms with Gasteiger partial charge < -0.3 is 36.1 Å². The monoisotopic (exact) mass is 666 g/mol. The third-order valence-electron chi connectivity index (χ3n) is 9.11. The highest BCUT2D eigenvalue weighted by atomic mass is 16.5. The number of nitrogens with one attached hydrogen (secondary N) is 5. The van der Waals surface area contributed by atoms with E-state index < -0.39 is 35.9 Å². The van der Waals surface area contributed by atoms with Crippen molar-refractivity contribution < 1.29 is 19.1 Å². The average molecular weight is 667 g/mol. The fourth-order valence-corrected chi connectivity index (χ4v) is 6.45. The lowest BCUT2D eigenvalue weighted by atomic mass is 10.0. The van der Waals surface area contributed by atoms with Gasteiger partial charge in [0.15, 0.2) is 0 Å². The minimum atomic E-state index is -1.04. The lowest BCUT2D eigenvalue weighted by molar-refractivity contribution is -0.149. The van der Waals surface area contributed by atoms with Crippen molar-refractivity contribution in [2.75, 3.05) is 0 Å². The standard InChI is InChI=1S/C40H38N6O4/c41-32(18-26-21-42-33-15-7-4-12-29(26)33)38(47)45-36(19-27-22-43-34-16-8-5-13-30(27)34)39(48)46-37(40(49)50-24-25-10-2-1-3-11-25)20-28-23-44-35-17-9-6-14-31(28)35/h1-17,21-23,32,36-37,42-44H,18-20,24,41H2,(H,45,47)(H,46,48)/t32-,36-,37-/m0/s1. The second kappa shape index (κ2) is 14.6. The summed E-state index contributed by atoms with van der Waals surface area (Å²) in [5, 5.41) is 8.70. The van der Waals surface area contributed by atoms with Crippen molar-refractivity contribution in [2.45, 2.75) is 44.0 Å². The van der Waals surface area contributed by atoms with Gasteiger partial charge in [-0.3, -0.25) is 9.59 Å². The van der Waals surface area contributed by atoms with Crippen LogP contribution in [0.4, 0.5) is 0 Å². The van der Waals surface area contributed by atoms with Gasteiger partial charge in [-0.25, -0.2) is 4.79 Å². The molecule has 3 heterocycles. The van der Waals surface area contributed by atoms with E-state index in [2.05, 4.69) is 25.6 Å². The predicted octanol–water partition coefficient (Wildman–Crippen LogP) is 5.20. The van der Waals surface area contributed by atoms with Crippen LogP contribution in [0.2, 0.25) is 0 Å². The Kier molecular flexibility index (Phi) is 9.43. The Balaban J connectivity index is 1.14. The normalized spacial score (nSPS) is 13.2. The fraction of sp³-hybridized carbons (Fsp3) is 0.175. The van der Waals surface area contributed by atoms with Crippen LogP contribution in [0, 0.1) is 0 Å². The number of carbonyl (C=O) groups is 3. The average Bonchev–Trinajstić information content (AvgIpc) is 3.88. The molecule has 252 valence electrons. The van der Waals surface area contributed by atoms with Gasteiger partial charge in [-0.1, -0.05) is 84.9 Å². The van der Waals surface area contributed by atoms with Gasteiger partial charge in [-0.15, -0.1) is 0 Å². The number of aromatic amines is 3. The molecule has 0 aliphatic heterocycles. The van der Waals surface area contributed by atoms with Crippen LogP contribution < -0.4 is 16.4 Å². The molecule has 10 heteroatoms. The largest absolute Gasteiger partial charge is 0.459 e. The molecule has 0 bridgehead atoms. The van der Waals surface area contributed by atoms with Crippen LogP contribution in [0.1, 0.15) is 22.3 Å². The van der Waals surface area contributed by atoms with Gasteiger partial charge in [-0.2, -0.15) is 0 Å². The summed E-state index contributed by atoms with van der Waals surface area (Å²) < 4.78 is 5.73. The Bertz CT molecular complexity index is 2270. The topological polar surface area (TPSA) is 158 Å². The summed E-state index contributed by atoms with van der Waals surface area (Å²) in [6.45, 7) is 0.0537. The highest BCUT2D eigenvalue weighted by molar-refractivity contribution is 5.94. The number of carbonyl (C=O) groups excluding carboxylic acids is 3. The van der Waals surface area contributed by atoms with Crippen molar-refractivity contribution in [3.63, 3.8) is 0 Å². The molecule has 0 spiro atoms. The number of fused-ring (bicyclic) bond motifs is 3. The van der Waals surface area contributed by atoms with Crippen molar-refractivity contribution >= 4 is 50.5 Å². The minimum Gasteiger partial charge on any atom is -0.459 e. The Morgan fingerprint density at radius 2 is 1.00 bits per heavy atom. The molecule has 0 aliphatic carbocycles. The Hall–Kier alpha value is -6.13. The van der Waals surface area contributed by atoms with Crippen LogP contribution in [0.3, 0.4) is 0 Å². The first-order valence-electron chi connectivity index (χ1n) is 16.6. The van der Waals surface area contributed by atoms with Gasteiger partial charge in [0.1, 0.15) is 18.7 Å². The molecule has 10 nitrogen and oxygen atoms in total. The van der Waals surface area contributed by atoms with Crippen molar-refractivity contribution in [1.82, 2.24) is 25.6 Å². The molecule has 4 aromatic carbocycles. The second-order valence-corrected chi connectivity index (χ2v) is 12.5. The van der Waals surface area contributed by atoms with Crippen LogP contribution in [0.25, 0.3) is 32.7 Å². The third kappa shape index (κ3) is 7.15. The van der Waals surface area contributed by atoms with Crippen LogP contribution in [-0.2, 0) is 45.0 Å². The van der Waals surface area contributed by atoms with Crippen LogP contribution in [-0.4, -0.2) is 50.9 Å². The van der Waals surface area contributed by atoms with Crippen molar-refractivity contribution in [2.24, 2.45) is 5.73 Å². The van der Waals surface area contributed by atoms with Crippen molar-refractivity contribution in [1.29, 1.82) is 0 Å². The molecule has 0 radical (unpaired) electrons. The van der Waals surface area contributed by atoms with E-state index >= 15 is 0 Å². The van der Waals surface area contributed by atoms with E-state index in [4.69, 9.17) is 10.5 Å². The molecule has 0 aliphatic rings. The number of hydrogen-bond acceptors (Lipinski definition) is 5. The van der Waals surface area contributed by atoms with E-state index in [0.717, 1.165) is 55.0 Å². The zero-order chi connectivity index (χ0) is 34.5. The summed E-state index contributed by atoms with van der Waals surface area (Å²) in [4.78, 5) is 51.3. The molecule has 0 saturated heterocycles. The lowest BCUT2D eigenvalue weighted by Crippen LogP contribution is -2.56. The van der Waals surface area contributed by atoms with Gasteiger partial charge in [0.2, 0.25) is 11.8 Å². The summed E-state index contributed by atoms with van der Waals surface area (Å²) >= 11 is 0. The number of nitrogens with two attached hydrogens (primary N) is 1. The first kappa shape index (κ1) is 32.4. The molecule has 7 aromatic rings. The molecule has 3 atom stereocenters. The molecule has 0 fully saturated rings. The molecule has 0 unspecified atom stereocenters. The van der Waals surface area contributed by atoms with E-state index in [1.807, 2.05) is 122 Å². The smallest absolute Gasteiger partial charge is 0.329 e. The van der Waals surface area contributed by atoms with Gasteiger partial charge in [0.25, 0.3) is 0 Å². The highest BCUT2D eigenvalue weighted by Crippen LogP contribution is 2.22. The van der Waals surface area contributed by atoms with Crippen LogP contribution in [0.5, 0.6) is 0 Å². The van der Waals surface area contributed by atoms with E-state index in [9.17, 15) is 14.4 Å². The van der Waals surface area contributed by atoms with Crippen LogP contribution >= 0.6 is 0 Å². The maximum atomic E-state index is 14.2. The first-order chi connectivity index (χ1) is 24.4. The number of esters is 1. The number of amides is 2. The Labute approximate surface area is 288 Å². The molecule has 2 amide bonds. The number of aromatic nitrogens is 3. The number of rotatable bonds is 13. The first-order valence-corrected chi connectivity index (χ1v) is 16.6. The number of H-pyrrole nitrogens is 3. The molecule has 3 aromatic heterocycles. The van der Waals surface area contributed by atoms with Gasteiger partial charge in [0, 0.05) is 64.1 Å². The lowest BCUT2D eigenvalue weighted by Gasteiger charge is -2.24. The second-order valence-electron chi connectivity index (χ2n) is 12.5. The SMILES string of the molecule is N[C@@H](Cc1c[nH]c2ccccc12)C(=O)N[C@@H](Cc1c[nH]c2ccccc12)C(=O)N[C@@H](Cc1c[nH]c2ccccc12)C(=O)OCc1ccccc1. The maximum absolute atomic E-state index is 14.2. The zero-order valence-electron chi connectivity index (χ0n) is 27.3. The number of para-hydroxylation sites is 3. The van der Waals surface area contributed by atoms with Gasteiger partial charge in [-0.05, 0) is 46.9 Å². The van der Waals surface area contributed by atoms with Crippen molar-refractivity contribution in [3.05, 3.63) is 144 Å².